The largest absolute Gasteiger partial charge is 0.354 e. The minimum Gasteiger partial charge on any atom is -0.354 e. The Labute approximate surface area is 207 Å². The maximum atomic E-state index is 13.8. The van der Waals surface area contributed by atoms with Gasteiger partial charge in [0.25, 0.3) is 0 Å². The van der Waals surface area contributed by atoms with E-state index in [4.69, 9.17) is 4.98 Å². The highest BCUT2D eigenvalue weighted by Gasteiger charge is 2.17. The summed E-state index contributed by atoms with van der Waals surface area (Å²) in [5.74, 6) is -0.273. The number of hydrogen-bond acceptors (Lipinski definition) is 5. The molecule has 1 aliphatic rings. The average Bonchev–Trinajstić information content (AvgIpc) is 3.32. The second-order valence-electron chi connectivity index (χ2n) is 9.09. The molecule has 4 heterocycles. The van der Waals surface area contributed by atoms with Gasteiger partial charge >= 0.3 is 0 Å². The predicted octanol–water partition coefficient (Wildman–Crippen LogP) is 5.38. The normalized spacial score (nSPS) is 14.5. The van der Waals surface area contributed by atoms with Crippen molar-refractivity contribution in [1.82, 2.24) is 25.1 Å². The molecule has 1 N–H and O–H groups in total. The number of likely N-dealkylation sites (N-methyl/N-ethyl adjacent to an activating group) is 1. The van der Waals surface area contributed by atoms with Crippen LogP contribution in [0.2, 0.25) is 0 Å². The van der Waals surface area contributed by atoms with Crippen molar-refractivity contribution in [2.45, 2.75) is 0 Å². The highest BCUT2D eigenvalue weighted by molar-refractivity contribution is 5.95. The van der Waals surface area contributed by atoms with Crippen LogP contribution in [0.3, 0.4) is 0 Å². The van der Waals surface area contributed by atoms with Crippen LogP contribution in [0.15, 0.2) is 72.9 Å². The lowest BCUT2D eigenvalue weighted by atomic mass is 10.0. The highest BCUT2D eigenvalue weighted by atomic mass is 19.1. The molecule has 6 nitrogen and oxygen atoms in total. The van der Waals surface area contributed by atoms with Crippen LogP contribution in [-0.2, 0) is 0 Å². The van der Waals surface area contributed by atoms with Crippen molar-refractivity contribution >= 4 is 16.7 Å². The minimum atomic E-state index is -0.611. The van der Waals surface area contributed by atoms with E-state index in [1.54, 1.807) is 0 Å². The number of nitrogens with zero attached hydrogens (tertiary/aromatic N) is 5. The van der Waals surface area contributed by atoms with Crippen LogP contribution in [-0.4, -0.2) is 58.3 Å². The molecule has 0 amide bonds. The fraction of sp³-hybridized carbons (Fsp3) is 0.179. The van der Waals surface area contributed by atoms with E-state index in [0.717, 1.165) is 60.2 Å². The third-order valence-corrected chi connectivity index (χ3v) is 6.62. The second kappa shape index (κ2) is 9.13. The zero-order valence-corrected chi connectivity index (χ0v) is 19.7. The number of fused-ring (bicyclic) bond motifs is 1. The molecule has 6 rings (SSSR count). The van der Waals surface area contributed by atoms with Crippen LogP contribution in [0, 0.1) is 11.6 Å². The molecule has 1 aliphatic heterocycles. The summed E-state index contributed by atoms with van der Waals surface area (Å²) in [7, 11) is 2.13. The number of anilines is 1. The number of H-pyrrole nitrogens is 1. The van der Waals surface area contributed by atoms with Crippen LogP contribution in [0.25, 0.3) is 44.7 Å². The molecule has 180 valence electrons. The van der Waals surface area contributed by atoms with Crippen molar-refractivity contribution < 1.29 is 8.78 Å². The van der Waals surface area contributed by atoms with Crippen molar-refractivity contribution in [2.24, 2.45) is 0 Å². The molecule has 0 spiro atoms. The Balaban J connectivity index is 1.36. The van der Waals surface area contributed by atoms with Gasteiger partial charge in [0, 0.05) is 49.4 Å². The van der Waals surface area contributed by atoms with E-state index in [9.17, 15) is 8.78 Å². The number of aromatic nitrogens is 4. The number of pyridine rings is 2. The van der Waals surface area contributed by atoms with Crippen molar-refractivity contribution in [2.75, 3.05) is 38.1 Å². The monoisotopic (exact) mass is 482 g/mol. The van der Waals surface area contributed by atoms with Crippen LogP contribution in [0.1, 0.15) is 0 Å². The molecular formula is C28H24F2N6. The minimum absolute atomic E-state index is 0.469. The first-order chi connectivity index (χ1) is 17.5. The SMILES string of the molecule is CN1CCN(c2cc(-c3cccc(-c4n[nH]c5ccc(-c6cc(F)cc(F)c6)cc45)n3)ccn2)CC1. The summed E-state index contributed by atoms with van der Waals surface area (Å²) in [6.07, 6.45) is 1.83. The molecule has 8 heteroatoms. The lowest BCUT2D eigenvalue weighted by molar-refractivity contribution is 0.312. The predicted molar refractivity (Wildman–Crippen MR) is 138 cm³/mol. The summed E-state index contributed by atoms with van der Waals surface area (Å²) in [6.45, 7) is 3.90. The first-order valence-corrected chi connectivity index (χ1v) is 11.9. The molecule has 1 saturated heterocycles. The summed E-state index contributed by atoms with van der Waals surface area (Å²) in [5.41, 5.74) is 5.18. The molecule has 0 radical (unpaired) electrons. The Morgan fingerprint density at radius 2 is 1.56 bits per heavy atom. The molecule has 0 aliphatic carbocycles. The zero-order valence-electron chi connectivity index (χ0n) is 19.7. The van der Waals surface area contributed by atoms with Gasteiger partial charge in [-0.15, -0.1) is 0 Å². The molecule has 36 heavy (non-hydrogen) atoms. The molecule has 1 fully saturated rings. The zero-order chi connectivity index (χ0) is 24.6. The van der Waals surface area contributed by atoms with Crippen LogP contribution in [0.4, 0.5) is 14.6 Å². The third kappa shape index (κ3) is 4.31. The standard InChI is InChI=1S/C28H24F2N6/c1-35-9-11-36(12-10-35)27-16-19(7-8-31-27)24-3-2-4-26(32-24)28-23-15-18(5-6-25(23)33-34-28)20-13-21(29)17-22(30)14-20/h2-8,13-17H,9-12H2,1H3,(H,33,34). The summed E-state index contributed by atoms with van der Waals surface area (Å²) in [6, 6.07) is 19.0. The summed E-state index contributed by atoms with van der Waals surface area (Å²) in [5, 5.41) is 8.38. The van der Waals surface area contributed by atoms with Crippen molar-refractivity contribution in [3.8, 4) is 33.8 Å². The van der Waals surface area contributed by atoms with E-state index in [0.29, 0.717) is 22.5 Å². The fourth-order valence-electron chi connectivity index (χ4n) is 4.62. The number of rotatable bonds is 4. The van der Waals surface area contributed by atoms with E-state index in [1.165, 1.54) is 12.1 Å². The summed E-state index contributed by atoms with van der Waals surface area (Å²) >= 11 is 0. The molecule has 0 atom stereocenters. The molecule has 3 aromatic heterocycles. The first-order valence-electron chi connectivity index (χ1n) is 11.9. The Hall–Kier alpha value is -4.17. The molecule has 5 aromatic rings. The number of aromatic amines is 1. The lowest BCUT2D eigenvalue weighted by Gasteiger charge is -2.33. The van der Waals surface area contributed by atoms with Gasteiger partial charge in [0.2, 0.25) is 0 Å². The van der Waals surface area contributed by atoms with Gasteiger partial charge in [-0.05, 0) is 66.7 Å². The van der Waals surface area contributed by atoms with Gasteiger partial charge in [-0.25, -0.2) is 18.7 Å². The average molecular weight is 483 g/mol. The van der Waals surface area contributed by atoms with E-state index < -0.39 is 11.6 Å². The van der Waals surface area contributed by atoms with Crippen LogP contribution >= 0.6 is 0 Å². The molecule has 0 bridgehead atoms. The number of piperazine rings is 1. The van der Waals surface area contributed by atoms with Crippen molar-refractivity contribution in [3.63, 3.8) is 0 Å². The maximum Gasteiger partial charge on any atom is 0.129 e. The van der Waals surface area contributed by atoms with E-state index in [1.807, 2.05) is 48.7 Å². The number of hydrogen-bond donors (Lipinski definition) is 1. The topological polar surface area (TPSA) is 60.9 Å². The molecule has 0 saturated carbocycles. The van der Waals surface area contributed by atoms with Gasteiger partial charge < -0.3 is 9.80 Å². The smallest absolute Gasteiger partial charge is 0.129 e. The van der Waals surface area contributed by atoms with Crippen molar-refractivity contribution in [1.29, 1.82) is 0 Å². The summed E-state index contributed by atoms with van der Waals surface area (Å²) < 4.78 is 27.6. The Morgan fingerprint density at radius 1 is 0.778 bits per heavy atom. The molecule has 0 unspecified atom stereocenters. The molecular weight excluding hydrogens is 458 g/mol. The first kappa shape index (κ1) is 22.3. The maximum absolute atomic E-state index is 13.8. The van der Waals surface area contributed by atoms with Crippen LogP contribution in [0.5, 0.6) is 0 Å². The number of nitrogens with one attached hydrogen (secondary N) is 1. The van der Waals surface area contributed by atoms with Crippen molar-refractivity contribution in [3.05, 3.63) is 84.6 Å². The van der Waals surface area contributed by atoms with Gasteiger partial charge in [-0.3, -0.25) is 5.10 Å². The second-order valence-corrected chi connectivity index (χ2v) is 9.09. The van der Waals surface area contributed by atoms with E-state index in [2.05, 4.69) is 38.1 Å². The number of halogens is 2. The fourth-order valence-corrected chi connectivity index (χ4v) is 4.62. The van der Waals surface area contributed by atoms with Gasteiger partial charge in [0.15, 0.2) is 0 Å². The highest BCUT2D eigenvalue weighted by Crippen LogP contribution is 2.32. The van der Waals surface area contributed by atoms with Gasteiger partial charge in [0.05, 0.1) is 16.9 Å². The Bertz CT molecular complexity index is 1540. The summed E-state index contributed by atoms with van der Waals surface area (Å²) in [4.78, 5) is 14.1. The van der Waals surface area contributed by atoms with Crippen LogP contribution < -0.4 is 4.90 Å². The van der Waals surface area contributed by atoms with Gasteiger partial charge in [-0.2, -0.15) is 5.10 Å². The lowest BCUT2D eigenvalue weighted by Crippen LogP contribution is -2.44. The van der Waals surface area contributed by atoms with E-state index >= 15 is 0 Å². The third-order valence-electron chi connectivity index (χ3n) is 6.62. The van der Waals surface area contributed by atoms with E-state index in [-0.39, 0.29) is 0 Å². The molecule has 2 aromatic carbocycles. The Kier molecular flexibility index (Phi) is 5.65. The van der Waals surface area contributed by atoms with Gasteiger partial charge in [-0.1, -0.05) is 12.1 Å². The number of benzene rings is 2. The van der Waals surface area contributed by atoms with Gasteiger partial charge in [0.1, 0.15) is 23.1 Å². The quantitative estimate of drug-likeness (QED) is 0.373. The Morgan fingerprint density at radius 3 is 2.36 bits per heavy atom.